The Morgan fingerprint density at radius 3 is 2.77 bits per heavy atom. The minimum atomic E-state index is -4.44. The van der Waals surface area contributed by atoms with E-state index in [0.717, 1.165) is 23.5 Å². The van der Waals surface area contributed by atoms with E-state index in [-0.39, 0.29) is 17.1 Å². The van der Waals surface area contributed by atoms with Crippen molar-refractivity contribution in [2.45, 2.75) is 19.5 Å². The highest BCUT2D eigenvalue weighted by molar-refractivity contribution is 7.15. The molecule has 1 N–H and O–H groups in total. The van der Waals surface area contributed by atoms with E-state index in [0.29, 0.717) is 21.3 Å². The molecule has 0 saturated heterocycles. The first-order valence-corrected chi connectivity index (χ1v) is 8.47. The van der Waals surface area contributed by atoms with Gasteiger partial charge in [-0.05, 0) is 30.7 Å². The smallest absolute Gasteiger partial charge is 0.361 e. The zero-order valence-corrected chi connectivity index (χ0v) is 14.8. The number of thiazole rings is 1. The van der Waals surface area contributed by atoms with Crippen LogP contribution in [0, 0.1) is 6.92 Å². The second-order valence-electron chi connectivity index (χ2n) is 5.39. The number of carbonyl (C=O) groups excluding carboxylic acids is 1. The number of hydrogen-bond donors (Lipinski definition) is 1. The van der Waals surface area contributed by atoms with Gasteiger partial charge in [0.1, 0.15) is 5.76 Å². The summed E-state index contributed by atoms with van der Waals surface area (Å²) in [6, 6.07) is 4.64. The lowest BCUT2D eigenvalue weighted by Crippen LogP contribution is -2.11. The van der Waals surface area contributed by atoms with Crippen LogP contribution < -0.4 is 5.32 Å². The first-order chi connectivity index (χ1) is 12.2. The van der Waals surface area contributed by atoms with Gasteiger partial charge in [-0.3, -0.25) is 10.1 Å². The third-order valence-electron chi connectivity index (χ3n) is 3.37. The minimum absolute atomic E-state index is 0.111. The summed E-state index contributed by atoms with van der Waals surface area (Å²) in [5.41, 5.74) is -0.327. The standard InChI is InChI=1S/C16H11ClF3N3O2S/c1-8-4-13(23-25-8)14(24)22-15-21-7-11(26-15)6-9-5-10(16(18,19)20)2-3-12(9)17/h2-5,7H,6H2,1H3,(H,21,22,24). The first kappa shape index (κ1) is 18.4. The van der Waals surface area contributed by atoms with Gasteiger partial charge in [-0.1, -0.05) is 16.8 Å². The number of aryl methyl sites for hydroxylation is 1. The number of hydrogen-bond acceptors (Lipinski definition) is 5. The molecule has 0 spiro atoms. The highest BCUT2D eigenvalue weighted by Gasteiger charge is 2.31. The molecule has 26 heavy (non-hydrogen) atoms. The molecule has 2 aromatic heterocycles. The van der Waals surface area contributed by atoms with Crippen molar-refractivity contribution in [3.63, 3.8) is 0 Å². The fourth-order valence-electron chi connectivity index (χ4n) is 2.16. The lowest BCUT2D eigenvalue weighted by molar-refractivity contribution is -0.137. The van der Waals surface area contributed by atoms with Gasteiger partial charge in [0.2, 0.25) is 0 Å². The number of rotatable bonds is 4. The summed E-state index contributed by atoms with van der Waals surface area (Å²) in [7, 11) is 0. The average molecular weight is 402 g/mol. The van der Waals surface area contributed by atoms with Crippen LogP contribution >= 0.6 is 22.9 Å². The molecule has 3 rings (SSSR count). The predicted molar refractivity (Wildman–Crippen MR) is 90.6 cm³/mol. The van der Waals surface area contributed by atoms with Gasteiger partial charge in [0.05, 0.1) is 5.56 Å². The number of anilines is 1. The Morgan fingerprint density at radius 2 is 2.12 bits per heavy atom. The van der Waals surface area contributed by atoms with Crippen molar-refractivity contribution in [1.29, 1.82) is 0 Å². The van der Waals surface area contributed by atoms with Gasteiger partial charge in [0.15, 0.2) is 10.8 Å². The molecule has 2 heterocycles. The van der Waals surface area contributed by atoms with E-state index in [2.05, 4.69) is 15.5 Å². The molecule has 10 heteroatoms. The van der Waals surface area contributed by atoms with Gasteiger partial charge in [-0.25, -0.2) is 4.98 Å². The SMILES string of the molecule is Cc1cc(C(=O)Nc2ncc(Cc3cc(C(F)(F)F)ccc3Cl)s2)no1. The van der Waals surface area contributed by atoms with Crippen molar-refractivity contribution in [2.75, 3.05) is 5.32 Å². The maximum atomic E-state index is 12.8. The molecule has 0 fully saturated rings. The van der Waals surface area contributed by atoms with E-state index < -0.39 is 17.6 Å². The fraction of sp³-hybridized carbons (Fsp3) is 0.188. The number of carbonyl (C=O) groups is 1. The van der Waals surface area contributed by atoms with E-state index in [1.165, 1.54) is 18.3 Å². The lowest BCUT2D eigenvalue weighted by Gasteiger charge is -2.09. The molecule has 3 aromatic rings. The van der Waals surface area contributed by atoms with Crippen molar-refractivity contribution >= 4 is 34.0 Å². The Balaban J connectivity index is 1.73. The van der Waals surface area contributed by atoms with E-state index in [4.69, 9.17) is 16.1 Å². The normalized spacial score (nSPS) is 11.6. The second kappa shape index (κ2) is 7.08. The van der Waals surface area contributed by atoms with Crippen LogP contribution in [0.1, 0.15) is 32.3 Å². The highest BCUT2D eigenvalue weighted by atomic mass is 35.5. The van der Waals surface area contributed by atoms with Gasteiger partial charge in [0, 0.05) is 28.6 Å². The van der Waals surface area contributed by atoms with Crippen molar-refractivity contribution in [2.24, 2.45) is 0 Å². The number of benzene rings is 1. The molecule has 1 amide bonds. The topological polar surface area (TPSA) is 68.0 Å². The number of alkyl halides is 3. The number of nitrogens with zero attached hydrogens (tertiary/aromatic N) is 2. The van der Waals surface area contributed by atoms with Gasteiger partial charge >= 0.3 is 6.18 Å². The monoisotopic (exact) mass is 401 g/mol. The zero-order chi connectivity index (χ0) is 18.9. The molecule has 0 radical (unpaired) electrons. The maximum absolute atomic E-state index is 12.8. The number of halogens is 4. The largest absolute Gasteiger partial charge is 0.416 e. The fourth-order valence-corrected chi connectivity index (χ4v) is 3.17. The van der Waals surface area contributed by atoms with Crippen molar-refractivity contribution < 1.29 is 22.5 Å². The maximum Gasteiger partial charge on any atom is 0.416 e. The summed E-state index contributed by atoms with van der Waals surface area (Å²) in [5, 5.41) is 6.69. The van der Waals surface area contributed by atoms with Gasteiger partial charge in [-0.15, -0.1) is 11.3 Å². The Kier molecular flexibility index (Phi) is 5.01. The molecule has 0 aliphatic carbocycles. The summed E-state index contributed by atoms with van der Waals surface area (Å²) < 4.78 is 43.3. The Hall–Kier alpha value is -2.39. The Labute approximate surface area is 154 Å². The lowest BCUT2D eigenvalue weighted by atomic mass is 10.1. The summed E-state index contributed by atoms with van der Waals surface area (Å²) >= 11 is 7.14. The summed E-state index contributed by atoms with van der Waals surface area (Å²) in [6.07, 6.45) is -2.80. The average Bonchev–Trinajstić information content (AvgIpc) is 3.17. The predicted octanol–water partition coefficient (Wildman–Crippen LogP) is 4.95. The Morgan fingerprint density at radius 1 is 1.35 bits per heavy atom. The number of nitrogens with one attached hydrogen (secondary N) is 1. The Bertz CT molecular complexity index is 952. The van der Waals surface area contributed by atoms with E-state index >= 15 is 0 Å². The summed E-state index contributed by atoms with van der Waals surface area (Å²) in [6.45, 7) is 1.66. The molecule has 0 bridgehead atoms. The second-order valence-corrected chi connectivity index (χ2v) is 6.91. The van der Waals surface area contributed by atoms with Crippen LogP contribution in [0.3, 0.4) is 0 Å². The highest BCUT2D eigenvalue weighted by Crippen LogP contribution is 2.33. The first-order valence-electron chi connectivity index (χ1n) is 7.27. The molecular formula is C16H11ClF3N3O2S. The van der Waals surface area contributed by atoms with Crippen LogP contribution in [-0.4, -0.2) is 16.0 Å². The molecule has 1 aromatic carbocycles. The number of aromatic nitrogens is 2. The number of amides is 1. The van der Waals surface area contributed by atoms with Crippen LogP contribution in [0.2, 0.25) is 5.02 Å². The van der Waals surface area contributed by atoms with Crippen LogP contribution in [-0.2, 0) is 12.6 Å². The molecular weight excluding hydrogens is 391 g/mol. The summed E-state index contributed by atoms with van der Waals surface area (Å²) in [4.78, 5) is 16.7. The quantitative estimate of drug-likeness (QED) is 0.671. The van der Waals surface area contributed by atoms with Gasteiger partial charge in [0.25, 0.3) is 5.91 Å². The minimum Gasteiger partial charge on any atom is -0.361 e. The van der Waals surface area contributed by atoms with Crippen LogP contribution in [0.15, 0.2) is 35.0 Å². The van der Waals surface area contributed by atoms with Crippen molar-refractivity contribution in [3.05, 3.63) is 62.9 Å². The van der Waals surface area contributed by atoms with Crippen LogP contribution in [0.4, 0.5) is 18.3 Å². The van der Waals surface area contributed by atoms with Gasteiger partial charge in [-0.2, -0.15) is 13.2 Å². The van der Waals surface area contributed by atoms with Crippen molar-refractivity contribution in [1.82, 2.24) is 10.1 Å². The van der Waals surface area contributed by atoms with E-state index in [9.17, 15) is 18.0 Å². The zero-order valence-electron chi connectivity index (χ0n) is 13.2. The molecule has 0 aliphatic rings. The molecule has 0 saturated carbocycles. The third kappa shape index (κ3) is 4.23. The van der Waals surface area contributed by atoms with E-state index in [1.54, 1.807) is 6.92 Å². The molecule has 136 valence electrons. The van der Waals surface area contributed by atoms with Crippen LogP contribution in [0.25, 0.3) is 0 Å². The van der Waals surface area contributed by atoms with Crippen molar-refractivity contribution in [3.8, 4) is 0 Å². The third-order valence-corrected chi connectivity index (χ3v) is 4.65. The van der Waals surface area contributed by atoms with E-state index in [1.807, 2.05) is 0 Å². The molecule has 0 aliphatic heterocycles. The van der Waals surface area contributed by atoms with Crippen LogP contribution in [0.5, 0.6) is 0 Å². The summed E-state index contributed by atoms with van der Waals surface area (Å²) in [5.74, 6) is 0.00835. The van der Waals surface area contributed by atoms with Gasteiger partial charge < -0.3 is 4.52 Å². The molecule has 0 atom stereocenters. The molecule has 5 nitrogen and oxygen atoms in total. The molecule has 0 unspecified atom stereocenters.